The highest BCUT2D eigenvalue weighted by atomic mass is 16.6. The Bertz CT molecular complexity index is 519. The first-order chi connectivity index (χ1) is 10.3. The molecule has 0 radical (unpaired) electrons. The first-order valence-corrected chi connectivity index (χ1v) is 8.60. The van der Waals surface area contributed by atoms with Gasteiger partial charge in [-0.1, -0.05) is 32.6 Å². The van der Waals surface area contributed by atoms with Crippen molar-refractivity contribution in [1.29, 1.82) is 0 Å². The molecule has 0 amide bonds. The summed E-state index contributed by atoms with van der Waals surface area (Å²) in [5.74, 6) is 0.302. The van der Waals surface area contributed by atoms with Gasteiger partial charge >= 0.3 is 5.97 Å². The zero-order valence-electron chi connectivity index (χ0n) is 14.0. The lowest BCUT2D eigenvalue weighted by Gasteiger charge is -2.46. The van der Waals surface area contributed by atoms with Crippen molar-refractivity contribution in [3.63, 3.8) is 0 Å². The van der Waals surface area contributed by atoms with Gasteiger partial charge in [0.1, 0.15) is 6.10 Å². The summed E-state index contributed by atoms with van der Waals surface area (Å²) in [4.78, 5) is 12.0. The Morgan fingerprint density at radius 1 is 1.36 bits per heavy atom. The van der Waals surface area contributed by atoms with Gasteiger partial charge in [0.25, 0.3) is 0 Å². The fourth-order valence-electron chi connectivity index (χ4n) is 4.71. The van der Waals surface area contributed by atoms with Crippen LogP contribution in [-0.4, -0.2) is 22.8 Å². The van der Waals surface area contributed by atoms with Gasteiger partial charge < -0.3 is 9.84 Å². The van der Waals surface area contributed by atoms with Crippen molar-refractivity contribution in [3.8, 4) is 0 Å². The van der Waals surface area contributed by atoms with Gasteiger partial charge in [0, 0.05) is 17.4 Å². The molecule has 2 fully saturated rings. The number of rotatable bonds is 1. The van der Waals surface area contributed by atoms with Crippen molar-refractivity contribution >= 4 is 5.97 Å². The minimum atomic E-state index is -0.801. The molecular formula is C19H28O3. The normalized spacial score (nSPS) is 48.2. The number of hydrogen-bond acceptors (Lipinski definition) is 3. The smallest absolute Gasteiger partial charge is 0.334 e. The molecule has 0 aromatic carbocycles. The first kappa shape index (κ1) is 15.8. The molecule has 1 aliphatic heterocycles. The number of aliphatic hydroxyl groups is 1. The van der Waals surface area contributed by atoms with Crippen LogP contribution in [0.5, 0.6) is 0 Å². The average molecular weight is 304 g/mol. The Morgan fingerprint density at radius 3 is 2.68 bits per heavy atom. The highest BCUT2D eigenvalue weighted by Gasteiger charge is 2.50. The third-order valence-electron chi connectivity index (χ3n) is 6.50. The SMILES string of the molecule is C=C1C(=O)OC2C1CCC1(C)C=CC1CCC(C)(O)C2CC. The fourth-order valence-corrected chi connectivity index (χ4v) is 4.71. The summed E-state index contributed by atoms with van der Waals surface area (Å²) < 4.78 is 5.65. The van der Waals surface area contributed by atoms with Gasteiger partial charge in [0.05, 0.1) is 5.60 Å². The predicted molar refractivity (Wildman–Crippen MR) is 86.1 cm³/mol. The van der Waals surface area contributed by atoms with Crippen molar-refractivity contribution in [2.45, 2.75) is 64.6 Å². The van der Waals surface area contributed by atoms with Gasteiger partial charge in [-0.25, -0.2) is 4.79 Å². The first-order valence-electron chi connectivity index (χ1n) is 8.60. The maximum atomic E-state index is 12.0. The van der Waals surface area contributed by atoms with E-state index in [9.17, 15) is 9.90 Å². The Kier molecular flexibility index (Phi) is 3.75. The van der Waals surface area contributed by atoms with Crippen LogP contribution in [0, 0.1) is 23.2 Å². The number of esters is 1. The van der Waals surface area contributed by atoms with E-state index in [0.29, 0.717) is 11.5 Å². The van der Waals surface area contributed by atoms with Crippen molar-refractivity contribution < 1.29 is 14.6 Å². The summed E-state index contributed by atoms with van der Waals surface area (Å²) in [6, 6.07) is 0. The van der Waals surface area contributed by atoms with Crippen molar-refractivity contribution in [1.82, 2.24) is 0 Å². The van der Waals surface area contributed by atoms with Crippen LogP contribution < -0.4 is 0 Å². The molecule has 3 aliphatic rings. The summed E-state index contributed by atoms with van der Waals surface area (Å²) in [5.41, 5.74) is -0.00109. The van der Waals surface area contributed by atoms with E-state index in [2.05, 4.69) is 32.6 Å². The van der Waals surface area contributed by atoms with Crippen LogP contribution in [0.2, 0.25) is 0 Å². The van der Waals surface area contributed by atoms with E-state index in [1.54, 1.807) is 0 Å². The molecule has 1 N–H and O–H groups in total. The third kappa shape index (κ3) is 2.34. The van der Waals surface area contributed by atoms with Gasteiger partial charge in [0.15, 0.2) is 0 Å². The van der Waals surface area contributed by atoms with Gasteiger partial charge in [-0.05, 0) is 50.4 Å². The highest BCUT2D eigenvalue weighted by Crippen LogP contribution is 2.51. The van der Waals surface area contributed by atoms with Crippen LogP contribution >= 0.6 is 0 Å². The Labute approximate surface area is 133 Å². The molecule has 6 unspecified atom stereocenters. The minimum absolute atomic E-state index is 0.0193. The summed E-state index contributed by atoms with van der Waals surface area (Å²) in [7, 11) is 0. The summed E-state index contributed by atoms with van der Waals surface area (Å²) in [6.07, 6.45) is 8.90. The van der Waals surface area contributed by atoms with E-state index in [1.165, 1.54) is 0 Å². The molecule has 0 aromatic rings. The van der Waals surface area contributed by atoms with Gasteiger partial charge in [-0.15, -0.1) is 0 Å². The minimum Gasteiger partial charge on any atom is -0.458 e. The average Bonchev–Trinajstić information content (AvgIpc) is 2.70. The number of hydrogen-bond donors (Lipinski definition) is 1. The second-order valence-corrected chi connectivity index (χ2v) is 7.92. The number of carbonyl (C=O) groups is 1. The molecular weight excluding hydrogens is 276 g/mol. The molecule has 3 heteroatoms. The van der Waals surface area contributed by atoms with Crippen LogP contribution in [0.25, 0.3) is 0 Å². The maximum absolute atomic E-state index is 12.0. The molecule has 22 heavy (non-hydrogen) atoms. The topological polar surface area (TPSA) is 46.5 Å². The molecule has 1 heterocycles. The second kappa shape index (κ2) is 5.23. The molecule has 1 saturated carbocycles. The van der Waals surface area contributed by atoms with E-state index in [-0.39, 0.29) is 29.3 Å². The fraction of sp³-hybridized carbons (Fsp3) is 0.737. The predicted octanol–water partition coefficient (Wildman–Crippen LogP) is 3.63. The Balaban J connectivity index is 1.94. The standard InChI is InChI=1S/C19H28O3/c1-5-15-16-14(12(2)17(20)22-16)8-10-18(3)9-6-13(18)7-11-19(15,4)21/h6,9,13-16,21H,2,5,7-8,10-11H2,1,3-4H3. The van der Waals surface area contributed by atoms with Crippen molar-refractivity contribution in [2.24, 2.45) is 23.2 Å². The Hall–Kier alpha value is -1.09. The number of fused-ring (bicyclic) bond motifs is 2. The summed E-state index contributed by atoms with van der Waals surface area (Å²) in [5, 5.41) is 11.0. The number of carbonyl (C=O) groups excluding carboxylic acids is 1. The third-order valence-corrected chi connectivity index (χ3v) is 6.50. The molecule has 122 valence electrons. The van der Waals surface area contributed by atoms with Crippen molar-refractivity contribution in [3.05, 3.63) is 24.3 Å². The summed E-state index contributed by atoms with van der Waals surface area (Å²) in [6.45, 7) is 10.3. The zero-order valence-corrected chi connectivity index (χ0v) is 14.0. The Morgan fingerprint density at radius 2 is 2.09 bits per heavy atom. The van der Waals surface area contributed by atoms with E-state index in [4.69, 9.17) is 4.74 Å². The van der Waals surface area contributed by atoms with Gasteiger partial charge in [0.2, 0.25) is 0 Å². The molecule has 3 rings (SSSR count). The van der Waals surface area contributed by atoms with Crippen LogP contribution in [0.1, 0.15) is 52.9 Å². The molecule has 2 aliphatic carbocycles. The van der Waals surface area contributed by atoms with E-state index < -0.39 is 5.60 Å². The molecule has 0 aromatic heterocycles. The maximum Gasteiger partial charge on any atom is 0.334 e. The summed E-state index contributed by atoms with van der Waals surface area (Å²) >= 11 is 0. The van der Waals surface area contributed by atoms with Crippen molar-refractivity contribution in [2.75, 3.05) is 0 Å². The van der Waals surface area contributed by atoms with Crippen LogP contribution in [0.4, 0.5) is 0 Å². The van der Waals surface area contributed by atoms with Gasteiger partial charge in [-0.2, -0.15) is 0 Å². The van der Waals surface area contributed by atoms with Crippen LogP contribution in [0.3, 0.4) is 0 Å². The molecule has 6 atom stereocenters. The van der Waals surface area contributed by atoms with Crippen LogP contribution in [0.15, 0.2) is 24.3 Å². The number of ether oxygens (including phenoxy) is 1. The van der Waals surface area contributed by atoms with E-state index in [0.717, 1.165) is 32.1 Å². The molecule has 0 spiro atoms. The lowest BCUT2D eigenvalue weighted by Crippen LogP contribution is -2.46. The van der Waals surface area contributed by atoms with Gasteiger partial charge in [-0.3, -0.25) is 0 Å². The zero-order chi connectivity index (χ0) is 16.1. The molecule has 0 bridgehead atoms. The lowest BCUT2D eigenvalue weighted by molar-refractivity contribution is -0.148. The second-order valence-electron chi connectivity index (χ2n) is 7.92. The lowest BCUT2D eigenvalue weighted by atomic mass is 9.60. The largest absolute Gasteiger partial charge is 0.458 e. The number of allylic oxidation sites excluding steroid dienone is 2. The quantitative estimate of drug-likeness (QED) is 0.457. The van der Waals surface area contributed by atoms with Crippen LogP contribution in [-0.2, 0) is 9.53 Å². The molecule has 1 saturated heterocycles. The van der Waals surface area contributed by atoms with E-state index in [1.807, 2.05) is 6.92 Å². The highest BCUT2D eigenvalue weighted by molar-refractivity contribution is 5.90. The monoisotopic (exact) mass is 304 g/mol. The van der Waals surface area contributed by atoms with E-state index >= 15 is 0 Å². The molecule has 3 nitrogen and oxygen atoms in total.